The van der Waals surface area contributed by atoms with Gasteiger partial charge in [-0.25, -0.2) is 0 Å². The van der Waals surface area contributed by atoms with Gasteiger partial charge < -0.3 is 9.05 Å². The molecule has 0 aliphatic rings. The molecular weight excluding hydrogens is 284 g/mol. The molecule has 0 aliphatic heterocycles. The molecule has 114 valence electrons. The molecule has 0 amide bonds. The van der Waals surface area contributed by atoms with Crippen LogP contribution in [0.2, 0.25) is 0 Å². The van der Waals surface area contributed by atoms with Crippen molar-refractivity contribution in [3.05, 3.63) is 42.1 Å². The number of hydrogen-bond acceptors (Lipinski definition) is 8. The molecule has 3 aromatic rings. The summed E-state index contributed by atoms with van der Waals surface area (Å²) in [7, 11) is 0. The minimum Gasteiger partial charge on any atom is -0.340 e. The maximum Gasteiger partial charge on any atom is 0.241 e. The molecule has 0 radical (unpaired) electrons. The largest absolute Gasteiger partial charge is 0.340 e. The number of nitrogens with zero attached hydrogens (tertiary/aromatic N) is 6. The number of rotatable bonds is 6. The van der Waals surface area contributed by atoms with Gasteiger partial charge in [-0.3, -0.25) is 9.88 Å². The first-order valence-electron chi connectivity index (χ1n) is 6.99. The molecule has 0 N–H and O–H groups in total. The van der Waals surface area contributed by atoms with Crippen LogP contribution >= 0.6 is 0 Å². The molecule has 0 aliphatic carbocycles. The van der Waals surface area contributed by atoms with Crippen molar-refractivity contribution in [2.45, 2.75) is 26.9 Å². The van der Waals surface area contributed by atoms with Crippen molar-refractivity contribution in [1.82, 2.24) is 30.2 Å². The van der Waals surface area contributed by atoms with Gasteiger partial charge in [-0.05, 0) is 18.7 Å². The standard InChI is InChI=1S/C14H16N6O2/c1-3-20(8-12-16-10(2)21-18-12)9-13-17-14(19-22-13)11-4-6-15-7-5-11/h4-7H,3,8-9H2,1-2H3. The molecule has 0 saturated carbocycles. The summed E-state index contributed by atoms with van der Waals surface area (Å²) >= 11 is 0. The number of hydrogen-bond donors (Lipinski definition) is 0. The van der Waals surface area contributed by atoms with Crippen LogP contribution in [0.25, 0.3) is 11.4 Å². The van der Waals surface area contributed by atoms with Crippen LogP contribution in [0.3, 0.4) is 0 Å². The SMILES string of the molecule is CCN(Cc1noc(C)n1)Cc1nc(-c2ccncc2)no1. The van der Waals surface area contributed by atoms with E-state index in [2.05, 4.69) is 30.2 Å². The molecule has 0 fully saturated rings. The Hall–Kier alpha value is -2.61. The summed E-state index contributed by atoms with van der Waals surface area (Å²) in [6, 6.07) is 3.68. The molecule has 22 heavy (non-hydrogen) atoms. The van der Waals surface area contributed by atoms with Crippen LogP contribution < -0.4 is 0 Å². The highest BCUT2D eigenvalue weighted by molar-refractivity contribution is 5.52. The molecule has 0 unspecified atom stereocenters. The third-order valence-electron chi connectivity index (χ3n) is 3.15. The third kappa shape index (κ3) is 3.34. The zero-order chi connectivity index (χ0) is 15.4. The summed E-state index contributed by atoms with van der Waals surface area (Å²) in [4.78, 5) is 14.7. The summed E-state index contributed by atoms with van der Waals surface area (Å²) < 4.78 is 10.3. The van der Waals surface area contributed by atoms with Gasteiger partial charge in [-0.15, -0.1) is 0 Å². The summed E-state index contributed by atoms with van der Waals surface area (Å²) in [6.45, 7) is 5.72. The van der Waals surface area contributed by atoms with Crippen LogP contribution in [0.1, 0.15) is 24.5 Å². The molecule has 0 bridgehead atoms. The van der Waals surface area contributed by atoms with Crippen molar-refractivity contribution in [2.75, 3.05) is 6.54 Å². The van der Waals surface area contributed by atoms with E-state index in [4.69, 9.17) is 9.05 Å². The van der Waals surface area contributed by atoms with E-state index in [0.29, 0.717) is 36.5 Å². The fourth-order valence-corrected chi connectivity index (χ4v) is 2.01. The lowest BCUT2D eigenvalue weighted by molar-refractivity contribution is 0.221. The first-order valence-corrected chi connectivity index (χ1v) is 6.99. The Morgan fingerprint density at radius 1 is 1.05 bits per heavy atom. The van der Waals surface area contributed by atoms with Crippen molar-refractivity contribution in [2.24, 2.45) is 0 Å². The second-order valence-corrected chi connectivity index (χ2v) is 4.78. The second kappa shape index (κ2) is 6.44. The molecule has 0 saturated heterocycles. The van der Waals surface area contributed by atoms with Crippen LogP contribution in [0, 0.1) is 6.92 Å². The van der Waals surface area contributed by atoms with Crippen LogP contribution in [-0.4, -0.2) is 36.7 Å². The fraction of sp³-hybridized carbons (Fsp3) is 0.357. The second-order valence-electron chi connectivity index (χ2n) is 4.78. The van der Waals surface area contributed by atoms with E-state index in [-0.39, 0.29) is 0 Å². The van der Waals surface area contributed by atoms with E-state index in [0.717, 1.165) is 12.1 Å². The van der Waals surface area contributed by atoms with Crippen LogP contribution in [0.15, 0.2) is 33.6 Å². The lowest BCUT2D eigenvalue weighted by Gasteiger charge is -2.15. The van der Waals surface area contributed by atoms with E-state index in [9.17, 15) is 0 Å². The van der Waals surface area contributed by atoms with Gasteiger partial charge in [-0.1, -0.05) is 17.2 Å². The molecular formula is C14H16N6O2. The Balaban J connectivity index is 1.68. The Kier molecular flexibility index (Phi) is 4.19. The van der Waals surface area contributed by atoms with Gasteiger partial charge in [-0.2, -0.15) is 9.97 Å². The van der Waals surface area contributed by atoms with E-state index in [1.54, 1.807) is 19.3 Å². The predicted molar refractivity (Wildman–Crippen MR) is 76.4 cm³/mol. The molecule has 8 nitrogen and oxygen atoms in total. The smallest absolute Gasteiger partial charge is 0.241 e. The van der Waals surface area contributed by atoms with Gasteiger partial charge in [0.05, 0.1) is 13.1 Å². The molecule has 3 rings (SSSR count). The third-order valence-corrected chi connectivity index (χ3v) is 3.15. The summed E-state index contributed by atoms with van der Waals surface area (Å²) in [5.74, 6) is 2.31. The maximum absolute atomic E-state index is 5.31. The number of pyridine rings is 1. The maximum atomic E-state index is 5.31. The van der Waals surface area contributed by atoms with E-state index in [1.165, 1.54) is 0 Å². The minimum atomic E-state index is 0.530. The first kappa shape index (κ1) is 14.3. The van der Waals surface area contributed by atoms with Gasteiger partial charge >= 0.3 is 0 Å². The Morgan fingerprint density at radius 3 is 2.55 bits per heavy atom. The normalized spacial score (nSPS) is 11.2. The Morgan fingerprint density at radius 2 is 1.86 bits per heavy atom. The van der Waals surface area contributed by atoms with Gasteiger partial charge in [0.15, 0.2) is 5.82 Å². The summed E-state index contributed by atoms with van der Waals surface area (Å²) in [5, 5.41) is 7.89. The average Bonchev–Trinajstić information content (AvgIpc) is 3.17. The lowest BCUT2D eigenvalue weighted by Crippen LogP contribution is -2.23. The summed E-state index contributed by atoms with van der Waals surface area (Å²) in [6.07, 6.45) is 3.39. The quantitative estimate of drug-likeness (QED) is 0.680. The fourth-order valence-electron chi connectivity index (χ4n) is 2.01. The Bertz CT molecular complexity index is 724. The average molecular weight is 300 g/mol. The number of aromatic nitrogens is 5. The highest BCUT2D eigenvalue weighted by Crippen LogP contribution is 2.15. The molecule has 0 spiro atoms. The predicted octanol–water partition coefficient (Wildman–Crippen LogP) is 1.85. The molecule has 0 aromatic carbocycles. The van der Waals surface area contributed by atoms with Gasteiger partial charge in [0, 0.05) is 24.9 Å². The first-order chi connectivity index (χ1) is 10.7. The topological polar surface area (TPSA) is 94.0 Å². The van der Waals surface area contributed by atoms with Crippen molar-refractivity contribution >= 4 is 0 Å². The van der Waals surface area contributed by atoms with Gasteiger partial charge in [0.25, 0.3) is 0 Å². The minimum absolute atomic E-state index is 0.530. The van der Waals surface area contributed by atoms with E-state index < -0.39 is 0 Å². The van der Waals surface area contributed by atoms with Crippen molar-refractivity contribution in [3.63, 3.8) is 0 Å². The van der Waals surface area contributed by atoms with Crippen molar-refractivity contribution in [3.8, 4) is 11.4 Å². The lowest BCUT2D eigenvalue weighted by atomic mass is 10.2. The monoisotopic (exact) mass is 300 g/mol. The molecule has 0 atom stereocenters. The van der Waals surface area contributed by atoms with Crippen LogP contribution in [0.5, 0.6) is 0 Å². The van der Waals surface area contributed by atoms with E-state index >= 15 is 0 Å². The zero-order valence-corrected chi connectivity index (χ0v) is 12.4. The van der Waals surface area contributed by atoms with Crippen molar-refractivity contribution < 1.29 is 9.05 Å². The van der Waals surface area contributed by atoms with Gasteiger partial charge in [0.1, 0.15) is 0 Å². The number of aryl methyl sites for hydroxylation is 1. The van der Waals surface area contributed by atoms with Crippen LogP contribution in [-0.2, 0) is 13.1 Å². The molecule has 3 heterocycles. The molecule has 8 heteroatoms. The molecule has 3 aromatic heterocycles. The highest BCUT2D eigenvalue weighted by atomic mass is 16.5. The summed E-state index contributed by atoms with van der Waals surface area (Å²) in [5.41, 5.74) is 0.877. The highest BCUT2D eigenvalue weighted by Gasteiger charge is 2.14. The van der Waals surface area contributed by atoms with Crippen LogP contribution in [0.4, 0.5) is 0 Å². The van der Waals surface area contributed by atoms with E-state index in [1.807, 2.05) is 19.1 Å². The Labute approximate surface area is 127 Å². The van der Waals surface area contributed by atoms with Crippen molar-refractivity contribution in [1.29, 1.82) is 0 Å². The van der Waals surface area contributed by atoms with Gasteiger partial charge in [0.2, 0.25) is 17.6 Å². The zero-order valence-electron chi connectivity index (χ0n) is 12.4.